The van der Waals surface area contributed by atoms with Gasteiger partial charge >= 0.3 is 5.97 Å². The first-order chi connectivity index (χ1) is 7.65. The number of carboxylic acids is 1. The Kier molecular flexibility index (Phi) is 4.98. The zero-order chi connectivity index (χ0) is 12.0. The summed E-state index contributed by atoms with van der Waals surface area (Å²) >= 11 is 0. The minimum Gasteiger partial charge on any atom is -0.480 e. The van der Waals surface area contributed by atoms with Gasteiger partial charge in [0.1, 0.15) is 6.04 Å². The molecule has 0 aromatic rings. The van der Waals surface area contributed by atoms with Crippen molar-refractivity contribution in [3.8, 4) is 0 Å². The molecule has 2 N–H and O–H groups in total. The molecule has 5 nitrogen and oxygen atoms in total. The number of ether oxygens (including phenoxy) is 1. The summed E-state index contributed by atoms with van der Waals surface area (Å²) in [5, 5.41) is 11.4. The van der Waals surface area contributed by atoms with Crippen LogP contribution in [0, 0.1) is 5.92 Å². The van der Waals surface area contributed by atoms with Crippen LogP contribution in [-0.4, -0.2) is 36.2 Å². The highest BCUT2D eigenvalue weighted by Gasteiger charge is 2.27. The van der Waals surface area contributed by atoms with Gasteiger partial charge in [0.15, 0.2) is 0 Å². The first-order valence-electron chi connectivity index (χ1n) is 5.37. The third-order valence-electron chi connectivity index (χ3n) is 2.57. The van der Waals surface area contributed by atoms with Crippen LogP contribution in [0.15, 0.2) is 12.7 Å². The van der Waals surface area contributed by atoms with Gasteiger partial charge in [-0.15, -0.1) is 6.58 Å². The molecule has 0 unspecified atom stereocenters. The number of aliphatic carboxylic acids is 1. The molecular formula is C11H17NO4. The number of carbonyl (C=O) groups is 2. The SMILES string of the molecule is C=CCC[C@H](NC(=O)[C@@H]1CCOC1)C(=O)O. The van der Waals surface area contributed by atoms with Crippen molar-refractivity contribution in [3.05, 3.63) is 12.7 Å². The summed E-state index contributed by atoms with van der Waals surface area (Å²) in [6.07, 6.45) is 3.25. The predicted molar refractivity (Wildman–Crippen MR) is 57.9 cm³/mol. The lowest BCUT2D eigenvalue weighted by molar-refractivity contribution is -0.142. The van der Waals surface area contributed by atoms with Gasteiger partial charge in [-0.25, -0.2) is 4.79 Å². The zero-order valence-electron chi connectivity index (χ0n) is 9.15. The van der Waals surface area contributed by atoms with E-state index in [4.69, 9.17) is 9.84 Å². The summed E-state index contributed by atoms with van der Waals surface area (Å²) in [5.41, 5.74) is 0. The molecule has 0 aromatic carbocycles. The summed E-state index contributed by atoms with van der Waals surface area (Å²) in [4.78, 5) is 22.5. The number of carboxylic acid groups (broad SMARTS) is 1. The Labute approximate surface area is 94.5 Å². The van der Waals surface area contributed by atoms with Crippen molar-refractivity contribution in [2.45, 2.75) is 25.3 Å². The Balaban J connectivity index is 2.43. The van der Waals surface area contributed by atoms with Crippen molar-refractivity contribution < 1.29 is 19.4 Å². The molecule has 1 rings (SSSR count). The van der Waals surface area contributed by atoms with Gasteiger partial charge in [-0.1, -0.05) is 6.08 Å². The van der Waals surface area contributed by atoms with Crippen LogP contribution in [-0.2, 0) is 14.3 Å². The first-order valence-corrected chi connectivity index (χ1v) is 5.37. The number of nitrogens with one attached hydrogen (secondary N) is 1. The molecule has 0 saturated carbocycles. The third kappa shape index (κ3) is 3.66. The monoisotopic (exact) mass is 227 g/mol. The molecule has 1 heterocycles. The molecule has 1 aliphatic heterocycles. The van der Waals surface area contributed by atoms with E-state index in [1.807, 2.05) is 0 Å². The van der Waals surface area contributed by atoms with Crippen LogP contribution in [0.5, 0.6) is 0 Å². The average Bonchev–Trinajstić information content (AvgIpc) is 2.76. The Hall–Kier alpha value is -1.36. The van der Waals surface area contributed by atoms with Crippen LogP contribution in [0.4, 0.5) is 0 Å². The van der Waals surface area contributed by atoms with E-state index in [-0.39, 0.29) is 11.8 Å². The molecular weight excluding hydrogens is 210 g/mol. The molecule has 0 aromatic heterocycles. The summed E-state index contributed by atoms with van der Waals surface area (Å²) in [5.74, 6) is -1.44. The van der Waals surface area contributed by atoms with Gasteiger partial charge in [-0.2, -0.15) is 0 Å². The molecule has 0 bridgehead atoms. The standard InChI is InChI=1S/C11H17NO4/c1-2-3-4-9(11(14)15)12-10(13)8-5-6-16-7-8/h2,8-9H,1,3-7H2,(H,12,13)(H,14,15)/t8-,9+/m1/s1. The summed E-state index contributed by atoms with van der Waals surface area (Å²) in [6, 6.07) is -0.828. The van der Waals surface area contributed by atoms with Crippen molar-refractivity contribution in [1.29, 1.82) is 0 Å². The summed E-state index contributed by atoms with van der Waals surface area (Å²) in [7, 11) is 0. The maximum absolute atomic E-state index is 11.6. The van der Waals surface area contributed by atoms with Crippen molar-refractivity contribution >= 4 is 11.9 Å². The van der Waals surface area contributed by atoms with Gasteiger partial charge in [0, 0.05) is 6.61 Å². The first kappa shape index (κ1) is 12.7. The second kappa shape index (κ2) is 6.27. The molecule has 0 radical (unpaired) electrons. The van der Waals surface area contributed by atoms with E-state index in [2.05, 4.69) is 11.9 Å². The number of rotatable bonds is 6. The Morgan fingerprint density at radius 1 is 1.62 bits per heavy atom. The predicted octanol–water partition coefficient (Wildman–Crippen LogP) is 0.558. The van der Waals surface area contributed by atoms with Crippen molar-refractivity contribution in [2.24, 2.45) is 5.92 Å². The molecule has 1 fully saturated rings. The Morgan fingerprint density at radius 2 is 2.38 bits per heavy atom. The Morgan fingerprint density at radius 3 is 2.88 bits per heavy atom. The normalized spacial score (nSPS) is 21.4. The van der Waals surface area contributed by atoms with E-state index in [1.165, 1.54) is 0 Å². The number of allylic oxidation sites excluding steroid dienone is 1. The molecule has 0 aliphatic carbocycles. The molecule has 90 valence electrons. The third-order valence-corrected chi connectivity index (χ3v) is 2.57. The highest BCUT2D eigenvalue weighted by molar-refractivity contribution is 5.85. The van der Waals surface area contributed by atoms with Crippen molar-refractivity contribution in [2.75, 3.05) is 13.2 Å². The van der Waals surface area contributed by atoms with E-state index in [1.54, 1.807) is 6.08 Å². The van der Waals surface area contributed by atoms with E-state index in [0.29, 0.717) is 32.5 Å². The van der Waals surface area contributed by atoms with Crippen LogP contribution in [0.25, 0.3) is 0 Å². The van der Waals surface area contributed by atoms with Crippen molar-refractivity contribution in [1.82, 2.24) is 5.32 Å². The lowest BCUT2D eigenvalue weighted by atomic mass is 10.1. The van der Waals surface area contributed by atoms with E-state index in [0.717, 1.165) is 0 Å². The number of hydrogen-bond acceptors (Lipinski definition) is 3. The van der Waals surface area contributed by atoms with Gasteiger partial charge in [0.2, 0.25) is 5.91 Å². The fourth-order valence-electron chi connectivity index (χ4n) is 1.57. The van der Waals surface area contributed by atoms with Gasteiger partial charge in [0.25, 0.3) is 0 Å². The quantitative estimate of drug-likeness (QED) is 0.650. The largest absolute Gasteiger partial charge is 0.480 e. The molecule has 1 amide bonds. The highest BCUT2D eigenvalue weighted by Crippen LogP contribution is 2.12. The lowest BCUT2D eigenvalue weighted by Crippen LogP contribution is -2.43. The minimum absolute atomic E-state index is 0.203. The minimum atomic E-state index is -1.01. The zero-order valence-corrected chi connectivity index (χ0v) is 9.15. The van der Waals surface area contributed by atoms with Gasteiger partial charge in [-0.05, 0) is 19.3 Å². The van der Waals surface area contributed by atoms with Gasteiger partial charge in [0.05, 0.1) is 12.5 Å². The number of amides is 1. The lowest BCUT2D eigenvalue weighted by Gasteiger charge is -2.15. The summed E-state index contributed by atoms with van der Waals surface area (Å²) < 4.78 is 5.08. The maximum atomic E-state index is 11.6. The molecule has 16 heavy (non-hydrogen) atoms. The average molecular weight is 227 g/mol. The van der Waals surface area contributed by atoms with E-state index >= 15 is 0 Å². The molecule has 2 atom stereocenters. The number of hydrogen-bond donors (Lipinski definition) is 2. The van der Waals surface area contributed by atoms with Crippen LogP contribution in [0.3, 0.4) is 0 Å². The second-order valence-electron chi connectivity index (χ2n) is 3.83. The molecule has 0 spiro atoms. The van der Waals surface area contributed by atoms with Gasteiger partial charge < -0.3 is 15.2 Å². The van der Waals surface area contributed by atoms with E-state index in [9.17, 15) is 9.59 Å². The highest BCUT2D eigenvalue weighted by atomic mass is 16.5. The maximum Gasteiger partial charge on any atom is 0.326 e. The smallest absolute Gasteiger partial charge is 0.326 e. The second-order valence-corrected chi connectivity index (χ2v) is 3.83. The summed E-state index contributed by atoms with van der Waals surface area (Å²) in [6.45, 7) is 4.48. The van der Waals surface area contributed by atoms with E-state index < -0.39 is 12.0 Å². The topological polar surface area (TPSA) is 75.6 Å². The molecule has 1 saturated heterocycles. The van der Waals surface area contributed by atoms with Crippen LogP contribution < -0.4 is 5.32 Å². The van der Waals surface area contributed by atoms with Crippen LogP contribution in [0.2, 0.25) is 0 Å². The number of carbonyl (C=O) groups excluding carboxylic acids is 1. The fourth-order valence-corrected chi connectivity index (χ4v) is 1.57. The van der Waals surface area contributed by atoms with Crippen LogP contribution in [0.1, 0.15) is 19.3 Å². The fraction of sp³-hybridized carbons (Fsp3) is 0.636. The molecule has 5 heteroatoms. The van der Waals surface area contributed by atoms with Gasteiger partial charge in [-0.3, -0.25) is 4.79 Å². The Bertz CT molecular complexity index is 271. The van der Waals surface area contributed by atoms with Crippen LogP contribution >= 0.6 is 0 Å². The van der Waals surface area contributed by atoms with Crippen molar-refractivity contribution in [3.63, 3.8) is 0 Å². The molecule has 1 aliphatic rings.